The number of fused-ring (bicyclic) bond motifs is 2. The first kappa shape index (κ1) is 19.1. The second-order valence-electron chi connectivity index (χ2n) is 8.48. The van der Waals surface area contributed by atoms with Gasteiger partial charge in [-0.1, -0.05) is 0 Å². The zero-order valence-electron chi connectivity index (χ0n) is 16.4. The Bertz CT molecular complexity index is 598. The Labute approximate surface area is 155 Å². The first-order valence-electron chi connectivity index (χ1n) is 9.50. The van der Waals surface area contributed by atoms with Crippen LogP contribution in [0.1, 0.15) is 32.6 Å². The molecule has 1 saturated carbocycles. The molecule has 0 aromatic rings. The second kappa shape index (κ2) is 6.83. The van der Waals surface area contributed by atoms with Gasteiger partial charge in [0.25, 0.3) is 0 Å². The Balaban J connectivity index is 1.82. The molecule has 2 saturated heterocycles. The van der Waals surface area contributed by atoms with E-state index in [9.17, 15) is 14.4 Å². The van der Waals surface area contributed by atoms with Crippen LogP contribution < -0.4 is 0 Å². The van der Waals surface area contributed by atoms with Crippen LogP contribution in [0.2, 0.25) is 0 Å². The van der Waals surface area contributed by atoms with E-state index in [2.05, 4.69) is 0 Å². The standard InChI is InChI=1S/C19H31N3O4/c1-14(23)22-11-15-18(5-6-19(15,13-22)17(25)20(2)3)7-9-21(10-8-18)16(24)12-26-4/h15H,5-13H2,1-4H3/t15-,19+/m1/s1. The monoisotopic (exact) mass is 365 g/mol. The number of likely N-dealkylation sites (tertiary alicyclic amines) is 2. The molecule has 1 spiro atoms. The van der Waals surface area contributed by atoms with Crippen molar-refractivity contribution < 1.29 is 19.1 Å². The van der Waals surface area contributed by atoms with Gasteiger partial charge in [0.1, 0.15) is 6.61 Å². The van der Waals surface area contributed by atoms with E-state index >= 15 is 0 Å². The molecule has 3 aliphatic rings. The van der Waals surface area contributed by atoms with Gasteiger partial charge in [0, 0.05) is 54.3 Å². The lowest BCUT2D eigenvalue weighted by molar-refractivity contribution is -0.143. The first-order chi connectivity index (χ1) is 12.3. The van der Waals surface area contributed by atoms with Gasteiger partial charge in [-0.3, -0.25) is 14.4 Å². The van der Waals surface area contributed by atoms with Gasteiger partial charge in [0.2, 0.25) is 17.7 Å². The SMILES string of the molecule is COCC(=O)N1CCC2(CC1)CC[C@]1(C(=O)N(C)C)CN(C(C)=O)C[C@H]21. The second-order valence-corrected chi connectivity index (χ2v) is 8.48. The van der Waals surface area contributed by atoms with Crippen molar-refractivity contribution in [2.24, 2.45) is 16.7 Å². The molecule has 0 unspecified atom stereocenters. The van der Waals surface area contributed by atoms with Crippen molar-refractivity contribution in [1.82, 2.24) is 14.7 Å². The van der Waals surface area contributed by atoms with Crippen LogP contribution in [0.25, 0.3) is 0 Å². The normalized spacial score (nSPS) is 29.8. The fourth-order valence-electron chi connectivity index (χ4n) is 5.61. The van der Waals surface area contributed by atoms with E-state index in [0.29, 0.717) is 26.2 Å². The molecule has 0 radical (unpaired) electrons. The topological polar surface area (TPSA) is 70.2 Å². The molecule has 7 nitrogen and oxygen atoms in total. The molecule has 1 aliphatic carbocycles. The fraction of sp³-hybridized carbons (Fsp3) is 0.842. The molecule has 0 bridgehead atoms. The number of carbonyl (C=O) groups is 3. The predicted molar refractivity (Wildman–Crippen MR) is 96.2 cm³/mol. The molecule has 2 heterocycles. The summed E-state index contributed by atoms with van der Waals surface area (Å²) >= 11 is 0. The highest BCUT2D eigenvalue weighted by atomic mass is 16.5. The molecule has 2 aliphatic heterocycles. The summed E-state index contributed by atoms with van der Waals surface area (Å²) in [5.41, 5.74) is -0.395. The number of ether oxygens (including phenoxy) is 1. The average Bonchev–Trinajstić information content (AvgIpc) is 3.13. The number of nitrogens with zero attached hydrogens (tertiary/aromatic N) is 3. The highest BCUT2D eigenvalue weighted by molar-refractivity contribution is 5.86. The lowest BCUT2D eigenvalue weighted by atomic mass is 9.65. The number of hydrogen-bond donors (Lipinski definition) is 0. The quantitative estimate of drug-likeness (QED) is 0.734. The summed E-state index contributed by atoms with van der Waals surface area (Å²) in [6.07, 6.45) is 3.66. The first-order valence-corrected chi connectivity index (χ1v) is 9.50. The average molecular weight is 365 g/mol. The number of piperidine rings is 1. The molecule has 3 amide bonds. The Hall–Kier alpha value is -1.63. The van der Waals surface area contributed by atoms with Crippen molar-refractivity contribution in [3.63, 3.8) is 0 Å². The van der Waals surface area contributed by atoms with Gasteiger partial charge in [-0.2, -0.15) is 0 Å². The summed E-state index contributed by atoms with van der Waals surface area (Å²) in [6.45, 7) is 4.35. The van der Waals surface area contributed by atoms with Crippen LogP contribution in [0.15, 0.2) is 0 Å². The minimum Gasteiger partial charge on any atom is -0.375 e. The van der Waals surface area contributed by atoms with E-state index in [4.69, 9.17) is 4.74 Å². The fourth-order valence-corrected chi connectivity index (χ4v) is 5.61. The van der Waals surface area contributed by atoms with Gasteiger partial charge in [0.15, 0.2) is 0 Å². The van der Waals surface area contributed by atoms with Gasteiger partial charge in [-0.25, -0.2) is 0 Å². The van der Waals surface area contributed by atoms with Crippen molar-refractivity contribution in [2.45, 2.75) is 32.6 Å². The van der Waals surface area contributed by atoms with Crippen molar-refractivity contribution >= 4 is 17.7 Å². The molecule has 146 valence electrons. The van der Waals surface area contributed by atoms with E-state index in [1.165, 1.54) is 7.11 Å². The maximum atomic E-state index is 13.1. The predicted octanol–water partition coefficient (Wildman–Crippen LogP) is 0.588. The van der Waals surface area contributed by atoms with Gasteiger partial charge >= 0.3 is 0 Å². The Morgan fingerprint density at radius 1 is 1.08 bits per heavy atom. The summed E-state index contributed by atoms with van der Waals surface area (Å²) in [5, 5.41) is 0. The summed E-state index contributed by atoms with van der Waals surface area (Å²) < 4.78 is 4.97. The van der Waals surface area contributed by atoms with Crippen molar-refractivity contribution in [2.75, 3.05) is 54.0 Å². The molecule has 3 rings (SSSR count). The van der Waals surface area contributed by atoms with Crippen LogP contribution >= 0.6 is 0 Å². The largest absolute Gasteiger partial charge is 0.375 e. The molecule has 0 N–H and O–H groups in total. The molecule has 26 heavy (non-hydrogen) atoms. The molecular weight excluding hydrogens is 334 g/mol. The van der Waals surface area contributed by atoms with Crippen LogP contribution in [0.3, 0.4) is 0 Å². The molecule has 7 heteroatoms. The Morgan fingerprint density at radius 3 is 2.27 bits per heavy atom. The van der Waals surface area contributed by atoms with Crippen molar-refractivity contribution in [1.29, 1.82) is 0 Å². The molecule has 3 fully saturated rings. The van der Waals surface area contributed by atoms with Crippen LogP contribution in [-0.2, 0) is 19.1 Å². The summed E-state index contributed by atoms with van der Waals surface area (Å²) in [5.74, 6) is 0.426. The number of carbonyl (C=O) groups excluding carboxylic acids is 3. The third kappa shape index (κ3) is 2.90. The summed E-state index contributed by atoms with van der Waals surface area (Å²) in [7, 11) is 5.15. The molecule has 0 aromatic carbocycles. The Kier molecular flexibility index (Phi) is 5.03. The number of methoxy groups -OCH3 is 1. The van der Waals surface area contributed by atoms with Crippen molar-refractivity contribution in [3.8, 4) is 0 Å². The van der Waals surface area contributed by atoms with E-state index in [1.54, 1.807) is 11.8 Å². The zero-order chi connectivity index (χ0) is 19.1. The van der Waals surface area contributed by atoms with Gasteiger partial charge in [0.05, 0.1) is 5.41 Å². The number of hydrogen-bond acceptors (Lipinski definition) is 4. The summed E-state index contributed by atoms with van der Waals surface area (Å²) in [4.78, 5) is 42.7. The lowest BCUT2D eigenvalue weighted by Crippen LogP contribution is -2.50. The van der Waals surface area contributed by atoms with Gasteiger partial charge < -0.3 is 19.4 Å². The van der Waals surface area contributed by atoms with Crippen LogP contribution in [0, 0.1) is 16.7 Å². The van der Waals surface area contributed by atoms with Gasteiger partial charge in [-0.05, 0) is 37.0 Å². The molecule has 2 atom stereocenters. The highest BCUT2D eigenvalue weighted by Gasteiger charge is 2.65. The smallest absolute Gasteiger partial charge is 0.248 e. The molecule has 0 aromatic heterocycles. The van der Waals surface area contributed by atoms with E-state index < -0.39 is 5.41 Å². The van der Waals surface area contributed by atoms with Crippen LogP contribution in [0.5, 0.6) is 0 Å². The van der Waals surface area contributed by atoms with Crippen LogP contribution in [-0.4, -0.2) is 86.4 Å². The van der Waals surface area contributed by atoms with E-state index in [-0.39, 0.29) is 35.7 Å². The number of amides is 3. The third-order valence-corrected chi connectivity index (χ3v) is 7.01. The lowest BCUT2D eigenvalue weighted by Gasteiger charge is -2.44. The molecular formula is C19H31N3O4. The maximum Gasteiger partial charge on any atom is 0.248 e. The zero-order valence-corrected chi connectivity index (χ0v) is 16.4. The van der Waals surface area contributed by atoms with E-state index in [0.717, 1.165) is 25.7 Å². The minimum atomic E-state index is -0.451. The summed E-state index contributed by atoms with van der Waals surface area (Å²) in [6, 6.07) is 0. The van der Waals surface area contributed by atoms with Crippen LogP contribution in [0.4, 0.5) is 0 Å². The Morgan fingerprint density at radius 2 is 1.73 bits per heavy atom. The minimum absolute atomic E-state index is 0.0350. The van der Waals surface area contributed by atoms with E-state index in [1.807, 2.05) is 23.9 Å². The van der Waals surface area contributed by atoms with Gasteiger partial charge in [-0.15, -0.1) is 0 Å². The highest BCUT2D eigenvalue weighted by Crippen LogP contribution is 2.62. The maximum absolute atomic E-state index is 13.1. The third-order valence-electron chi connectivity index (χ3n) is 7.01. The number of rotatable bonds is 3. The van der Waals surface area contributed by atoms with Crippen molar-refractivity contribution in [3.05, 3.63) is 0 Å².